The number of pyridine rings is 2. The molecule has 5 rings (SSSR count). The lowest BCUT2D eigenvalue weighted by Crippen LogP contribution is -2.27. The van der Waals surface area contributed by atoms with Crippen molar-refractivity contribution in [1.29, 1.82) is 0 Å². The largest absolute Gasteiger partial charge is 0.322 e. The fourth-order valence-electron chi connectivity index (χ4n) is 4.02. The van der Waals surface area contributed by atoms with E-state index < -0.39 is 10.0 Å². The van der Waals surface area contributed by atoms with E-state index in [2.05, 4.69) is 10.3 Å². The van der Waals surface area contributed by atoms with E-state index in [9.17, 15) is 13.2 Å². The number of nitrogens with one attached hydrogen (secondary N) is 1. The van der Waals surface area contributed by atoms with Crippen LogP contribution in [0.2, 0.25) is 0 Å². The van der Waals surface area contributed by atoms with E-state index in [1.807, 2.05) is 36.4 Å². The van der Waals surface area contributed by atoms with Crippen LogP contribution in [0.25, 0.3) is 22.2 Å². The van der Waals surface area contributed by atoms with Gasteiger partial charge in [-0.15, -0.1) is 0 Å². The molecule has 8 heteroatoms. The first-order valence-corrected chi connectivity index (χ1v) is 12.2. The van der Waals surface area contributed by atoms with Crippen molar-refractivity contribution in [1.82, 2.24) is 14.3 Å². The molecular weight excluding hydrogens is 436 g/mol. The van der Waals surface area contributed by atoms with Crippen LogP contribution >= 0.6 is 0 Å². The zero-order valence-corrected chi connectivity index (χ0v) is 18.6. The second-order valence-corrected chi connectivity index (χ2v) is 9.84. The van der Waals surface area contributed by atoms with Crippen LogP contribution in [-0.2, 0) is 10.0 Å². The van der Waals surface area contributed by atoms with Gasteiger partial charge in [0.25, 0.3) is 5.91 Å². The number of sulfonamides is 1. The van der Waals surface area contributed by atoms with Crippen LogP contribution in [0, 0.1) is 0 Å². The van der Waals surface area contributed by atoms with Crippen LogP contribution < -0.4 is 5.32 Å². The first kappa shape index (κ1) is 21.2. The van der Waals surface area contributed by atoms with Crippen molar-refractivity contribution in [2.24, 2.45) is 0 Å². The number of nitrogens with zero attached hydrogens (tertiary/aromatic N) is 3. The Bertz CT molecular complexity index is 1420. The number of para-hydroxylation sites is 1. The molecule has 33 heavy (non-hydrogen) atoms. The second kappa shape index (κ2) is 8.73. The van der Waals surface area contributed by atoms with E-state index in [1.54, 1.807) is 30.6 Å². The summed E-state index contributed by atoms with van der Waals surface area (Å²) in [5.74, 6) is -0.293. The lowest BCUT2D eigenvalue weighted by Gasteiger charge is -2.16. The van der Waals surface area contributed by atoms with Crippen molar-refractivity contribution in [3.05, 3.63) is 84.7 Å². The maximum absolute atomic E-state index is 13.2. The van der Waals surface area contributed by atoms with Gasteiger partial charge in [-0.3, -0.25) is 9.78 Å². The number of carbonyl (C=O) groups excluding carboxylic acids is 1. The van der Waals surface area contributed by atoms with Crippen LogP contribution in [0.1, 0.15) is 23.2 Å². The van der Waals surface area contributed by atoms with Crippen molar-refractivity contribution >= 4 is 32.5 Å². The van der Waals surface area contributed by atoms with Crippen LogP contribution in [0.5, 0.6) is 0 Å². The van der Waals surface area contributed by atoms with Gasteiger partial charge in [-0.1, -0.05) is 18.2 Å². The molecule has 1 amide bonds. The van der Waals surface area contributed by atoms with Crippen molar-refractivity contribution < 1.29 is 13.2 Å². The van der Waals surface area contributed by atoms with E-state index in [0.29, 0.717) is 35.6 Å². The first-order chi connectivity index (χ1) is 16.0. The van der Waals surface area contributed by atoms with Gasteiger partial charge in [0.1, 0.15) is 0 Å². The molecule has 1 N–H and O–H groups in total. The topological polar surface area (TPSA) is 92.3 Å². The molecule has 1 fully saturated rings. The number of hydrogen-bond acceptors (Lipinski definition) is 5. The highest BCUT2D eigenvalue weighted by molar-refractivity contribution is 7.89. The number of carbonyl (C=O) groups is 1. The molecule has 0 saturated carbocycles. The average Bonchev–Trinajstić information content (AvgIpc) is 3.40. The summed E-state index contributed by atoms with van der Waals surface area (Å²) in [5, 5.41) is 3.63. The lowest BCUT2D eigenvalue weighted by molar-refractivity contribution is 0.102. The monoisotopic (exact) mass is 458 g/mol. The zero-order valence-electron chi connectivity index (χ0n) is 17.8. The molecule has 0 atom stereocenters. The Labute approximate surface area is 192 Å². The molecule has 2 aromatic heterocycles. The summed E-state index contributed by atoms with van der Waals surface area (Å²) in [6.45, 7) is 1.10. The van der Waals surface area contributed by atoms with Crippen LogP contribution in [0.15, 0.2) is 84.0 Å². The van der Waals surface area contributed by atoms with Crippen molar-refractivity contribution in [3.8, 4) is 11.3 Å². The van der Waals surface area contributed by atoms with Gasteiger partial charge in [0.15, 0.2) is 0 Å². The smallest absolute Gasteiger partial charge is 0.256 e. The fourth-order valence-corrected chi connectivity index (χ4v) is 5.54. The van der Waals surface area contributed by atoms with Crippen molar-refractivity contribution in [2.45, 2.75) is 17.7 Å². The third kappa shape index (κ3) is 4.22. The first-order valence-electron chi connectivity index (χ1n) is 10.7. The van der Waals surface area contributed by atoms with Gasteiger partial charge in [0.2, 0.25) is 10.0 Å². The van der Waals surface area contributed by atoms with E-state index in [4.69, 9.17) is 4.98 Å². The number of rotatable bonds is 5. The van der Waals surface area contributed by atoms with Gasteiger partial charge in [-0.2, -0.15) is 4.31 Å². The normalized spacial score (nSPS) is 14.4. The van der Waals surface area contributed by atoms with E-state index in [0.717, 1.165) is 23.8 Å². The summed E-state index contributed by atoms with van der Waals surface area (Å²) in [7, 11) is -3.49. The molecule has 0 bridgehead atoms. The molecule has 1 aliphatic rings. The van der Waals surface area contributed by atoms with Gasteiger partial charge < -0.3 is 5.32 Å². The van der Waals surface area contributed by atoms with Crippen molar-refractivity contribution in [2.75, 3.05) is 18.4 Å². The molecule has 2 aromatic carbocycles. The fraction of sp³-hybridized carbons (Fsp3) is 0.160. The SMILES string of the molecule is O=C(Nc1ccc(S(=O)(=O)N2CCCC2)cc1)c1cc(-c2ccncc2)nc2ccccc12. The Balaban J connectivity index is 1.45. The minimum Gasteiger partial charge on any atom is -0.322 e. The predicted octanol–water partition coefficient (Wildman–Crippen LogP) is 4.33. The zero-order chi connectivity index (χ0) is 22.8. The summed E-state index contributed by atoms with van der Waals surface area (Å²) in [4.78, 5) is 22.2. The maximum atomic E-state index is 13.2. The third-order valence-electron chi connectivity index (χ3n) is 5.75. The Morgan fingerprint density at radius 1 is 0.909 bits per heavy atom. The second-order valence-electron chi connectivity index (χ2n) is 7.90. The molecular formula is C25H22N4O3S. The molecule has 0 spiro atoms. The standard InChI is InChI=1S/C25H22N4O3S/c30-25(27-19-7-9-20(10-8-19)33(31,32)29-15-3-4-16-29)22-17-24(18-11-13-26-14-12-18)28-23-6-2-1-5-21(22)23/h1-2,5-14,17H,3-4,15-16H2,(H,27,30). The number of aromatic nitrogens is 2. The summed E-state index contributed by atoms with van der Waals surface area (Å²) in [6.07, 6.45) is 5.14. The highest BCUT2D eigenvalue weighted by atomic mass is 32.2. The Kier molecular flexibility index (Phi) is 5.62. The lowest BCUT2D eigenvalue weighted by atomic mass is 10.0. The average molecular weight is 459 g/mol. The summed E-state index contributed by atoms with van der Waals surface area (Å²) >= 11 is 0. The summed E-state index contributed by atoms with van der Waals surface area (Å²) in [5.41, 5.74) is 3.26. The quantitative estimate of drug-likeness (QED) is 0.480. The van der Waals surface area contributed by atoms with Crippen LogP contribution in [0.4, 0.5) is 5.69 Å². The van der Waals surface area contributed by atoms with Gasteiger partial charge in [0, 0.05) is 42.1 Å². The molecule has 3 heterocycles. The van der Waals surface area contributed by atoms with Gasteiger partial charge in [-0.05, 0) is 61.4 Å². The Hall–Kier alpha value is -3.62. The number of benzene rings is 2. The highest BCUT2D eigenvalue weighted by Gasteiger charge is 2.27. The number of amides is 1. The molecule has 0 unspecified atom stereocenters. The molecule has 1 aliphatic heterocycles. The van der Waals surface area contributed by atoms with Gasteiger partial charge in [0.05, 0.1) is 21.7 Å². The molecule has 0 aliphatic carbocycles. The number of hydrogen-bond donors (Lipinski definition) is 1. The molecule has 1 saturated heterocycles. The van der Waals surface area contributed by atoms with Crippen LogP contribution in [-0.4, -0.2) is 41.7 Å². The minimum absolute atomic E-state index is 0.233. The van der Waals surface area contributed by atoms with Gasteiger partial charge in [-0.25, -0.2) is 13.4 Å². The number of anilines is 1. The maximum Gasteiger partial charge on any atom is 0.256 e. The molecule has 166 valence electrons. The highest BCUT2D eigenvalue weighted by Crippen LogP contribution is 2.26. The number of fused-ring (bicyclic) bond motifs is 1. The Morgan fingerprint density at radius 2 is 1.61 bits per heavy atom. The van der Waals surface area contributed by atoms with E-state index >= 15 is 0 Å². The van der Waals surface area contributed by atoms with Crippen molar-refractivity contribution in [3.63, 3.8) is 0 Å². The third-order valence-corrected chi connectivity index (χ3v) is 7.66. The van der Waals surface area contributed by atoms with Crippen LogP contribution in [0.3, 0.4) is 0 Å². The predicted molar refractivity (Wildman–Crippen MR) is 127 cm³/mol. The molecule has 4 aromatic rings. The minimum atomic E-state index is -3.49. The molecule has 7 nitrogen and oxygen atoms in total. The Morgan fingerprint density at radius 3 is 2.33 bits per heavy atom. The van der Waals surface area contributed by atoms with E-state index in [1.165, 1.54) is 16.4 Å². The molecule has 0 radical (unpaired) electrons. The van der Waals surface area contributed by atoms with Gasteiger partial charge >= 0.3 is 0 Å². The van der Waals surface area contributed by atoms with E-state index in [-0.39, 0.29) is 10.8 Å². The summed E-state index contributed by atoms with van der Waals surface area (Å²) < 4.78 is 27.0. The summed E-state index contributed by atoms with van der Waals surface area (Å²) in [6, 6.07) is 19.2.